The van der Waals surface area contributed by atoms with Gasteiger partial charge in [-0.2, -0.15) is 0 Å². The summed E-state index contributed by atoms with van der Waals surface area (Å²) in [4.78, 5) is 14.3. The molecule has 1 heterocycles. The zero-order valence-corrected chi connectivity index (χ0v) is 14.8. The van der Waals surface area contributed by atoms with Gasteiger partial charge in [-0.3, -0.25) is 4.79 Å². The summed E-state index contributed by atoms with van der Waals surface area (Å²) in [6, 6.07) is 12.2. The minimum atomic E-state index is -0.285. The largest absolute Gasteiger partial charge is 0.369 e. The fourth-order valence-electron chi connectivity index (χ4n) is 2.81. The molecule has 1 amide bonds. The first-order valence-corrected chi connectivity index (χ1v) is 8.83. The number of anilines is 2. The number of carbonyl (C=O) groups is 1. The lowest BCUT2D eigenvalue weighted by Crippen LogP contribution is -2.30. The van der Waals surface area contributed by atoms with Gasteiger partial charge in [-0.1, -0.05) is 6.07 Å². The fourth-order valence-corrected chi connectivity index (χ4v) is 3.35. The second kappa shape index (κ2) is 7.29. The van der Waals surface area contributed by atoms with Crippen molar-refractivity contribution in [3.8, 4) is 0 Å². The van der Waals surface area contributed by atoms with Crippen LogP contribution in [0.4, 0.5) is 15.8 Å². The van der Waals surface area contributed by atoms with Gasteiger partial charge < -0.3 is 10.2 Å². The lowest BCUT2D eigenvalue weighted by atomic mass is 10.1. The fraction of sp³-hybridized carbons (Fsp3) is 0.278. The van der Waals surface area contributed by atoms with E-state index < -0.39 is 0 Å². The van der Waals surface area contributed by atoms with Gasteiger partial charge in [-0.25, -0.2) is 4.39 Å². The van der Waals surface area contributed by atoms with Crippen molar-refractivity contribution in [1.29, 1.82) is 0 Å². The number of hydrogen-bond donors (Lipinski definition) is 1. The van der Waals surface area contributed by atoms with E-state index in [1.54, 1.807) is 24.3 Å². The van der Waals surface area contributed by atoms with Crippen molar-refractivity contribution in [3.63, 3.8) is 0 Å². The first-order chi connectivity index (χ1) is 11.1. The number of rotatable bonds is 3. The summed E-state index contributed by atoms with van der Waals surface area (Å²) in [6.45, 7) is 1.79. The zero-order chi connectivity index (χ0) is 16.2. The van der Waals surface area contributed by atoms with Crippen molar-refractivity contribution in [2.45, 2.75) is 19.3 Å². The molecule has 23 heavy (non-hydrogen) atoms. The molecule has 2 aromatic rings. The Morgan fingerprint density at radius 3 is 2.57 bits per heavy atom. The number of amides is 1. The summed E-state index contributed by atoms with van der Waals surface area (Å²) in [5.41, 5.74) is 1.67. The first-order valence-electron chi connectivity index (χ1n) is 7.75. The number of nitrogens with one attached hydrogen (secondary N) is 1. The average molecular weight is 424 g/mol. The van der Waals surface area contributed by atoms with Gasteiger partial charge in [0.05, 0.1) is 5.69 Å². The molecule has 2 aromatic carbocycles. The molecular weight excluding hydrogens is 406 g/mol. The van der Waals surface area contributed by atoms with Crippen molar-refractivity contribution in [2.24, 2.45) is 0 Å². The van der Waals surface area contributed by atoms with Crippen LogP contribution in [0.15, 0.2) is 42.5 Å². The highest BCUT2D eigenvalue weighted by atomic mass is 127. The SMILES string of the molecule is O=C(Nc1ccc(N2CCCCC2)c(F)c1)c1cccc(I)c1. The summed E-state index contributed by atoms with van der Waals surface area (Å²) in [5.74, 6) is -0.513. The van der Waals surface area contributed by atoms with E-state index in [1.165, 1.54) is 12.5 Å². The van der Waals surface area contributed by atoms with E-state index in [0.29, 0.717) is 16.9 Å². The maximum absolute atomic E-state index is 14.4. The molecule has 0 aliphatic carbocycles. The molecule has 1 fully saturated rings. The number of nitrogens with zero attached hydrogens (tertiary/aromatic N) is 1. The van der Waals surface area contributed by atoms with Gasteiger partial charge in [0.15, 0.2) is 0 Å². The van der Waals surface area contributed by atoms with E-state index >= 15 is 0 Å². The lowest BCUT2D eigenvalue weighted by Gasteiger charge is -2.29. The minimum Gasteiger partial charge on any atom is -0.369 e. The van der Waals surface area contributed by atoms with Crippen LogP contribution in [-0.2, 0) is 0 Å². The van der Waals surface area contributed by atoms with Crippen LogP contribution in [0, 0.1) is 9.39 Å². The van der Waals surface area contributed by atoms with Crippen LogP contribution < -0.4 is 10.2 Å². The topological polar surface area (TPSA) is 32.3 Å². The van der Waals surface area contributed by atoms with Crippen molar-refractivity contribution in [3.05, 3.63) is 57.4 Å². The molecule has 120 valence electrons. The number of piperidine rings is 1. The highest BCUT2D eigenvalue weighted by Gasteiger charge is 2.15. The van der Waals surface area contributed by atoms with E-state index in [2.05, 4.69) is 32.8 Å². The summed E-state index contributed by atoms with van der Waals surface area (Å²) in [5, 5.41) is 2.76. The highest BCUT2D eigenvalue weighted by Crippen LogP contribution is 2.26. The van der Waals surface area contributed by atoms with E-state index in [-0.39, 0.29) is 11.7 Å². The Morgan fingerprint density at radius 1 is 1.09 bits per heavy atom. The molecule has 1 aliphatic heterocycles. The highest BCUT2D eigenvalue weighted by molar-refractivity contribution is 14.1. The van der Waals surface area contributed by atoms with Crippen molar-refractivity contribution in [1.82, 2.24) is 0 Å². The Hall–Kier alpha value is -1.63. The minimum absolute atomic E-state index is 0.228. The van der Waals surface area contributed by atoms with Crippen LogP contribution in [-0.4, -0.2) is 19.0 Å². The molecule has 0 saturated carbocycles. The van der Waals surface area contributed by atoms with Crippen molar-refractivity contribution >= 4 is 39.9 Å². The molecule has 1 N–H and O–H groups in total. The molecular formula is C18H18FIN2O. The monoisotopic (exact) mass is 424 g/mol. The summed E-state index contributed by atoms with van der Waals surface area (Å²) < 4.78 is 15.3. The van der Waals surface area contributed by atoms with Crippen LogP contribution in [0.2, 0.25) is 0 Å². The van der Waals surface area contributed by atoms with Crippen LogP contribution in [0.25, 0.3) is 0 Å². The second-order valence-corrected chi connectivity index (χ2v) is 6.92. The standard InChI is InChI=1S/C18H18FIN2O/c19-16-12-15(7-8-17(16)22-9-2-1-3-10-22)21-18(23)13-5-4-6-14(20)11-13/h4-8,11-12H,1-3,9-10H2,(H,21,23). The molecule has 0 atom stereocenters. The van der Waals surface area contributed by atoms with Crippen molar-refractivity contribution < 1.29 is 9.18 Å². The molecule has 5 heteroatoms. The molecule has 0 spiro atoms. The van der Waals surface area contributed by atoms with Gasteiger partial charge in [-0.15, -0.1) is 0 Å². The molecule has 3 nitrogen and oxygen atoms in total. The maximum atomic E-state index is 14.4. The first kappa shape index (κ1) is 16.2. The Kier molecular flexibility index (Phi) is 5.15. The maximum Gasteiger partial charge on any atom is 0.255 e. The van der Waals surface area contributed by atoms with Crippen LogP contribution in [0.5, 0.6) is 0 Å². The third-order valence-electron chi connectivity index (χ3n) is 3.99. The van der Waals surface area contributed by atoms with Gasteiger partial charge in [0.25, 0.3) is 5.91 Å². The molecule has 1 aliphatic rings. The summed E-state index contributed by atoms with van der Waals surface area (Å²) >= 11 is 2.16. The smallest absolute Gasteiger partial charge is 0.255 e. The Labute approximate surface area is 149 Å². The quantitative estimate of drug-likeness (QED) is 0.727. The lowest BCUT2D eigenvalue weighted by molar-refractivity contribution is 0.102. The molecule has 3 rings (SSSR count). The van der Waals surface area contributed by atoms with Crippen molar-refractivity contribution in [2.75, 3.05) is 23.3 Å². The normalized spacial score (nSPS) is 14.6. The van der Waals surface area contributed by atoms with Gasteiger partial charge in [0, 0.05) is 27.9 Å². The third-order valence-corrected chi connectivity index (χ3v) is 4.66. The molecule has 1 saturated heterocycles. The predicted octanol–water partition coefficient (Wildman–Crippen LogP) is 4.67. The van der Waals surface area contributed by atoms with E-state index in [9.17, 15) is 9.18 Å². The average Bonchev–Trinajstić information content (AvgIpc) is 2.56. The number of hydrogen-bond acceptors (Lipinski definition) is 2. The molecule has 0 aromatic heterocycles. The van der Waals surface area contributed by atoms with Gasteiger partial charge in [0.1, 0.15) is 5.82 Å². The number of halogens is 2. The van der Waals surface area contributed by atoms with Gasteiger partial charge >= 0.3 is 0 Å². The van der Waals surface area contributed by atoms with E-state index in [4.69, 9.17) is 0 Å². The molecule has 0 bridgehead atoms. The zero-order valence-electron chi connectivity index (χ0n) is 12.7. The van der Waals surface area contributed by atoms with Crippen LogP contribution >= 0.6 is 22.6 Å². The van der Waals surface area contributed by atoms with Crippen LogP contribution in [0.3, 0.4) is 0 Å². The number of benzene rings is 2. The van der Waals surface area contributed by atoms with E-state index in [0.717, 1.165) is 29.5 Å². The van der Waals surface area contributed by atoms with E-state index in [1.807, 2.05) is 12.1 Å². The summed E-state index contributed by atoms with van der Waals surface area (Å²) in [7, 11) is 0. The third kappa shape index (κ3) is 4.02. The second-order valence-electron chi connectivity index (χ2n) is 5.68. The predicted molar refractivity (Wildman–Crippen MR) is 99.6 cm³/mol. The van der Waals surface area contributed by atoms with Gasteiger partial charge in [-0.05, 0) is 78.3 Å². The molecule has 0 radical (unpaired) electrons. The Balaban J connectivity index is 1.73. The Morgan fingerprint density at radius 2 is 1.87 bits per heavy atom. The molecule has 0 unspecified atom stereocenters. The Bertz CT molecular complexity index is 714. The summed E-state index contributed by atoms with van der Waals surface area (Å²) in [6.07, 6.45) is 3.41. The van der Waals surface area contributed by atoms with Gasteiger partial charge in [0.2, 0.25) is 0 Å². The van der Waals surface area contributed by atoms with Crippen LogP contribution in [0.1, 0.15) is 29.6 Å². The number of carbonyl (C=O) groups excluding carboxylic acids is 1.